The highest BCUT2D eigenvalue weighted by Gasteiger charge is 2.24. The van der Waals surface area contributed by atoms with E-state index in [1.54, 1.807) is 11.3 Å². The van der Waals surface area contributed by atoms with Crippen molar-refractivity contribution in [1.82, 2.24) is 15.6 Å². The number of thiazole rings is 1. The van der Waals surface area contributed by atoms with Crippen molar-refractivity contribution in [1.29, 1.82) is 0 Å². The third-order valence-corrected chi connectivity index (χ3v) is 4.08. The summed E-state index contributed by atoms with van der Waals surface area (Å²) in [6, 6.07) is 0. The monoisotopic (exact) mass is 241 g/mol. The molecule has 5 heteroatoms. The summed E-state index contributed by atoms with van der Waals surface area (Å²) in [6.45, 7) is 5.45. The van der Waals surface area contributed by atoms with Crippen LogP contribution in [0, 0.1) is 5.92 Å². The molecule has 0 radical (unpaired) electrons. The maximum absolute atomic E-state index is 9.61. The molecule has 0 amide bonds. The number of aliphatic hydroxyl groups is 1. The van der Waals surface area contributed by atoms with Gasteiger partial charge in [-0.05, 0) is 6.42 Å². The molecular weight excluding hydrogens is 222 g/mol. The third-order valence-electron chi connectivity index (χ3n) is 2.94. The first-order valence-electron chi connectivity index (χ1n) is 5.82. The minimum Gasteiger partial charge on any atom is -0.391 e. The number of hydrogen-bond acceptors (Lipinski definition) is 5. The van der Waals surface area contributed by atoms with E-state index in [0.29, 0.717) is 5.92 Å². The summed E-state index contributed by atoms with van der Waals surface area (Å²) in [5.74, 6) is 0.339. The molecule has 1 aliphatic heterocycles. The maximum Gasteiger partial charge on any atom is 0.107 e. The predicted molar refractivity (Wildman–Crippen MR) is 65.6 cm³/mol. The molecule has 1 saturated heterocycles. The number of aliphatic hydroxyl groups excluding tert-OH is 1. The molecule has 90 valence electrons. The van der Waals surface area contributed by atoms with Gasteiger partial charge in [-0.1, -0.05) is 6.92 Å². The van der Waals surface area contributed by atoms with Crippen molar-refractivity contribution in [2.45, 2.75) is 26.0 Å². The molecule has 4 nitrogen and oxygen atoms in total. The zero-order valence-electron chi connectivity index (χ0n) is 9.57. The molecule has 0 spiro atoms. The minimum atomic E-state index is -0.199. The largest absolute Gasteiger partial charge is 0.391 e. The van der Waals surface area contributed by atoms with Gasteiger partial charge in [0, 0.05) is 43.2 Å². The molecule has 16 heavy (non-hydrogen) atoms. The first kappa shape index (κ1) is 12.0. The molecule has 2 atom stereocenters. The van der Waals surface area contributed by atoms with Gasteiger partial charge in [0.25, 0.3) is 0 Å². The van der Waals surface area contributed by atoms with Crippen LogP contribution in [0.4, 0.5) is 0 Å². The molecule has 1 aliphatic rings. The molecule has 1 aromatic heterocycles. The Morgan fingerprint density at radius 2 is 2.50 bits per heavy atom. The second-order valence-corrected chi connectivity index (χ2v) is 5.39. The normalized spacial score (nSPS) is 25.1. The van der Waals surface area contributed by atoms with Crippen LogP contribution >= 0.6 is 11.3 Å². The number of β-amino-alcohol motifs (C(OH)–C–C–N with tert-alkyl or cyclic N) is 1. The van der Waals surface area contributed by atoms with E-state index in [1.165, 1.54) is 4.88 Å². The molecule has 0 aromatic carbocycles. The first-order chi connectivity index (χ1) is 7.79. The van der Waals surface area contributed by atoms with E-state index in [-0.39, 0.29) is 6.10 Å². The number of nitrogens with one attached hydrogen (secondary N) is 2. The van der Waals surface area contributed by atoms with Gasteiger partial charge in [0.15, 0.2) is 0 Å². The van der Waals surface area contributed by atoms with E-state index in [4.69, 9.17) is 0 Å². The van der Waals surface area contributed by atoms with Crippen LogP contribution in [0.5, 0.6) is 0 Å². The highest BCUT2D eigenvalue weighted by atomic mass is 32.1. The minimum absolute atomic E-state index is 0.199. The van der Waals surface area contributed by atoms with E-state index in [1.807, 2.05) is 6.20 Å². The lowest BCUT2D eigenvalue weighted by Gasteiger charge is -2.13. The molecular formula is C11H19N3OS. The summed E-state index contributed by atoms with van der Waals surface area (Å²) in [6.07, 6.45) is 2.81. The number of rotatable bonds is 5. The van der Waals surface area contributed by atoms with Gasteiger partial charge < -0.3 is 15.7 Å². The molecule has 0 saturated carbocycles. The molecule has 3 N–H and O–H groups in total. The Bertz CT molecular complexity index is 329. The van der Waals surface area contributed by atoms with Crippen molar-refractivity contribution >= 4 is 11.3 Å². The summed E-state index contributed by atoms with van der Waals surface area (Å²) in [5, 5.41) is 17.3. The van der Waals surface area contributed by atoms with Crippen molar-refractivity contribution in [3.05, 3.63) is 16.1 Å². The molecule has 2 unspecified atom stereocenters. The lowest BCUT2D eigenvalue weighted by atomic mass is 10.1. The fourth-order valence-corrected chi connectivity index (χ4v) is 2.72. The van der Waals surface area contributed by atoms with Gasteiger partial charge in [0.2, 0.25) is 0 Å². The summed E-state index contributed by atoms with van der Waals surface area (Å²) in [7, 11) is 0. The van der Waals surface area contributed by atoms with Crippen LogP contribution < -0.4 is 10.6 Å². The van der Waals surface area contributed by atoms with Crippen molar-refractivity contribution in [3.63, 3.8) is 0 Å². The average molecular weight is 241 g/mol. The Balaban J connectivity index is 1.71. The molecule has 2 heterocycles. The molecule has 0 aliphatic carbocycles. The zero-order valence-corrected chi connectivity index (χ0v) is 10.4. The average Bonchev–Trinajstić information content (AvgIpc) is 2.89. The topological polar surface area (TPSA) is 57.2 Å². The van der Waals surface area contributed by atoms with Crippen LogP contribution in [0.3, 0.4) is 0 Å². The van der Waals surface area contributed by atoms with Gasteiger partial charge >= 0.3 is 0 Å². The van der Waals surface area contributed by atoms with Crippen LogP contribution in [0.25, 0.3) is 0 Å². The Morgan fingerprint density at radius 3 is 3.12 bits per heavy atom. The van der Waals surface area contributed by atoms with Gasteiger partial charge in [-0.25, -0.2) is 4.98 Å². The van der Waals surface area contributed by atoms with Crippen molar-refractivity contribution in [2.24, 2.45) is 5.92 Å². The third kappa shape index (κ3) is 3.01. The summed E-state index contributed by atoms with van der Waals surface area (Å²) < 4.78 is 0. The molecule has 1 aromatic rings. The summed E-state index contributed by atoms with van der Waals surface area (Å²) in [4.78, 5) is 5.68. The van der Waals surface area contributed by atoms with E-state index in [9.17, 15) is 5.11 Å². The molecule has 1 fully saturated rings. The Kier molecular flexibility index (Phi) is 4.29. The van der Waals surface area contributed by atoms with Crippen molar-refractivity contribution < 1.29 is 5.11 Å². The smallest absolute Gasteiger partial charge is 0.107 e. The summed E-state index contributed by atoms with van der Waals surface area (Å²) in [5.41, 5.74) is 0. The number of hydrogen-bond donors (Lipinski definition) is 3. The SMILES string of the molecule is CCc1cnc(CNCC2CNCC2O)s1. The van der Waals surface area contributed by atoms with Crippen LogP contribution in [-0.4, -0.2) is 35.8 Å². The Hall–Kier alpha value is -0.490. The number of aromatic nitrogens is 1. The lowest BCUT2D eigenvalue weighted by Crippen LogP contribution is -2.30. The van der Waals surface area contributed by atoms with Crippen LogP contribution in [0.15, 0.2) is 6.20 Å². The fourth-order valence-electron chi connectivity index (χ4n) is 1.89. The van der Waals surface area contributed by atoms with Gasteiger partial charge in [-0.15, -0.1) is 11.3 Å². The predicted octanol–water partition coefficient (Wildman–Crippen LogP) is 0.375. The van der Waals surface area contributed by atoms with Crippen molar-refractivity contribution in [2.75, 3.05) is 19.6 Å². The van der Waals surface area contributed by atoms with Crippen LogP contribution in [-0.2, 0) is 13.0 Å². The maximum atomic E-state index is 9.61. The summed E-state index contributed by atoms with van der Waals surface area (Å²) >= 11 is 1.76. The highest BCUT2D eigenvalue weighted by molar-refractivity contribution is 7.11. The lowest BCUT2D eigenvalue weighted by molar-refractivity contribution is 0.146. The standard InChI is InChI=1S/C11H19N3OS/c1-2-9-5-14-11(16-9)7-13-4-8-3-12-6-10(8)15/h5,8,10,12-13,15H,2-4,6-7H2,1H3. The molecule has 2 rings (SSSR count). The van der Waals surface area contributed by atoms with Crippen LogP contribution in [0.2, 0.25) is 0 Å². The van der Waals surface area contributed by atoms with E-state index < -0.39 is 0 Å². The number of nitrogens with zero attached hydrogens (tertiary/aromatic N) is 1. The second kappa shape index (κ2) is 5.72. The van der Waals surface area contributed by atoms with Crippen molar-refractivity contribution in [3.8, 4) is 0 Å². The van der Waals surface area contributed by atoms with Gasteiger partial charge in [-0.3, -0.25) is 0 Å². The fraction of sp³-hybridized carbons (Fsp3) is 0.727. The Labute approximate surface area is 100 Å². The van der Waals surface area contributed by atoms with Crippen LogP contribution in [0.1, 0.15) is 16.8 Å². The quantitative estimate of drug-likeness (QED) is 0.697. The van der Waals surface area contributed by atoms with Gasteiger partial charge in [-0.2, -0.15) is 0 Å². The second-order valence-electron chi connectivity index (χ2n) is 4.19. The first-order valence-corrected chi connectivity index (χ1v) is 6.64. The highest BCUT2D eigenvalue weighted by Crippen LogP contribution is 2.13. The van der Waals surface area contributed by atoms with E-state index in [2.05, 4.69) is 22.5 Å². The van der Waals surface area contributed by atoms with E-state index in [0.717, 1.165) is 37.6 Å². The van der Waals surface area contributed by atoms with E-state index >= 15 is 0 Å². The Morgan fingerprint density at radius 1 is 1.62 bits per heavy atom. The zero-order chi connectivity index (χ0) is 11.4. The van der Waals surface area contributed by atoms with Gasteiger partial charge in [0.1, 0.15) is 5.01 Å². The molecule has 0 bridgehead atoms. The number of aryl methyl sites for hydroxylation is 1. The van der Waals surface area contributed by atoms with Gasteiger partial charge in [0.05, 0.1) is 6.10 Å².